The van der Waals surface area contributed by atoms with Crippen molar-refractivity contribution in [3.8, 4) is 0 Å². The molecular formula is C27H49BNO4. The molecule has 6 heteroatoms. The van der Waals surface area contributed by atoms with Crippen LogP contribution in [0.1, 0.15) is 124 Å². The van der Waals surface area contributed by atoms with Crippen LogP contribution in [0.2, 0.25) is 5.82 Å². The molecule has 1 fully saturated rings. The van der Waals surface area contributed by atoms with Gasteiger partial charge in [0.2, 0.25) is 13.2 Å². The summed E-state index contributed by atoms with van der Waals surface area (Å²) < 4.78 is 5.33. The molecule has 1 aliphatic heterocycles. The van der Waals surface area contributed by atoms with Crippen LogP contribution in [0.15, 0.2) is 0 Å². The van der Waals surface area contributed by atoms with Crippen molar-refractivity contribution in [2.45, 2.75) is 136 Å². The van der Waals surface area contributed by atoms with Crippen molar-refractivity contribution in [2.24, 2.45) is 5.92 Å². The molecule has 1 saturated heterocycles. The number of esters is 1. The van der Waals surface area contributed by atoms with Crippen molar-refractivity contribution >= 4 is 24.8 Å². The first-order valence-electron chi connectivity index (χ1n) is 13.7. The van der Waals surface area contributed by atoms with Crippen LogP contribution in [-0.2, 0) is 19.1 Å². The Morgan fingerprint density at radius 1 is 0.909 bits per heavy atom. The first-order chi connectivity index (χ1) is 15.8. The van der Waals surface area contributed by atoms with Crippen LogP contribution in [-0.4, -0.2) is 48.9 Å². The fourth-order valence-electron chi connectivity index (χ4n) is 4.50. The third-order valence-corrected chi connectivity index (χ3v) is 6.60. The summed E-state index contributed by atoms with van der Waals surface area (Å²) in [4.78, 5) is 38.6. The van der Waals surface area contributed by atoms with E-state index in [1.165, 1.54) is 38.5 Å². The highest BCUT2D eigenvalue weighted by atomic mass is 16.5. The lowest BCUT2D eigenvalue weighted by molar-refractivity contribution is -0.144. The van der Waals surface area contributed by atoms with Crippen LogP contribution in [0.4, 0.5) is 0 Å². The number of hydrogen-bond donors (Lipinski definition) is 0. The van der Waals surface area contributed by atoms with Crippen LogP contribution >= 0.6 is 0 Å². The van der Waals surface area contributed by atoms with Crippen LogP contribution in [0.5, 0.6) is 0 Å². The normalized spacial score (nSPS) is 18.0. The van der Waals surface area contributed by atoms with Crippen LogP contribution in [0.25, 0.3) is 0 Å². The number of likely N-dealkylation sites (tertiary alicyclic amines) is 1. The summed E-state index contributed by atoms with van der Waals surface area (Å²) in [5, 5.41) is 0. The number of ether oxygens (including phenoxy) is 1. The number of hydrogen-bond acceptors (Lipinski definition) is 4. The van der Waals surface area contributed by atoms with Gasteiger partial charge < -0.3 is 14.4 Å². The maximum Gasteiger partial charge on any atom is 0.305 e. The van der Waals surface area contributed by atoms with E-state index in [1.807, 2.05) is 12.2 Å². The van der Waals surface area contributed by atoms with Crippen molar-refractivity contribution in [1.82, 2.24) is 4.90 Å². The summed E-state index contributed by atoms with van der Waals surface area (Å²) >= 11 is 0. The molecular weight excluding hydrogens is 413 g/mol. The second-order valence-electron chi connectivity index (χ2n) is 10.4. The third-order valence-electron chi connectivity index (χ3n) is 6.60. The van der Waals surface area contributed by atoms with E-state index in [9.17, 15) is 14.4 Å². The Balaban J connectivity index is 2.07. The van der Waals surface area contributed by atoms with Gasteiger partial charge in [0.25, 0.3) is 0 Å². The largest absolute Gasteiger partial charge is 0.466 e. The molecule has 1 rings (SSSR count). The molecule has 0 N–H and O–H groups in total. The van der Waals surface area contributed by atoms with E-state index < -0.39 is 0 Å². The van der Waals surface area contributed by atoms with E-state index in [2.05, 4.69) is 27.7 Å². The van der Waals surface area contributed by atoms with Gasteiger partial charge in [-0.25, -0.2) is 0 Å². The van der Waals surface area contributed by atoms with Gasteiger partial charge in [-0.3, -0.25) is 9.59 Å². The zero-order chi connectivity index (χ0) is 24.5. The maximum absolute atomic E-state index is 12.6. The van der Waals surface area contributed by atoms with Gasteiger partial charge in [-0.2, -0.15) is 0 Å². The molecule has 0 aliphatic carbocycles. The molecule has 1 heterocycles. The van der Waals surface area contributed by atoms with Gasteiger partial charge in [0.05, 0.1) is 12.3 Å². The first kappa shape index (κ1) is 29.7. The molecule has 1 amide bonds. The van der Waals surface area contributed by atoms with Gasteiger partial charge in [-0.15, -0.1) is 0 Å². The lowest BCUT2D eigenvalue weighted by Crippen LogP contribution is -2.34. The molecule has 2 atom stereocenters. The summed E-state index contributed by atoms with van der Waals surface area (Å²) in [5.41, 5.74) is 0.209. The summed E-state index contributed by atoms with van der Waals surface area (Å²) in [6, 6.07) is 0.174. The number of amides is 1. The quantitative estimate of drug-likeness (QED) is 0.128. The highest BCUT2D eigenvalue weighted by Gasteiger charge is 2.33. The predicted octanol–water partition coefficient (Wildman–Crippen LogP) is 6.31. The van der Waals surface area contributed by atoms with Crippen molar-refractivity contribution in [3.05, 3.63) is 0 Å². The minimum absolute atomic E-state index is 0.139. The van der Waals surface area contributed by atoms with Gasteiger partial charge in [0.1, 0.15) is 0 Å². The minimum atomic E-state index is -0.144. The second kappa shape index (κ2) is 18.1. The molecule has 33 heavy (non-hydrogen) atoms. The SMILES string of the molecule is CCCCCCCCCCOC(=O)CCCCC(=O)N1CC([B]C(=O)CCC(C)C)C[C@H]1C. The molecule has 0 spiro atoms. The molecule has 189 valence electrons. The minimum Gasteiger partial charge on any atom is -0.466 e. The zero-order valence-electron chi connectivity index (χ0n) is 21.9. The Morgan fingerprint density at radius 2 is 1.55 bits per heavy atom. The van der Waals surface area contributed by atoms with Crippen molar-refractivity contribution in [3.63, 3.8) is 0 Å². The number of carbonyl (C=O) groups excluding carboxylic acids is 3. The van der Waals surface area contributed by atoms with E-state index in [1.54, 1.807) is 0 Å². The zero-order valence-corrected chi connectivity index (χ0v) is 21.9. The number of nitrogens with zero attached hydrogens (tertiary/aromatic N) is 1. The highest BCUT2D eigenvalue weighted by Crippen LogP contribution is 2.28. The van der Waals surface area contributed by atoms with E-state index in [0.717, 1.165) is 25.7 Å². The summed E-state index contributed by atoms with van der Waals surface area (Å²) in [7, 11) is 1.84. The summed E-state index contributed by atoms with van der Waals surface area (Å²) in [6.07, 6.45) is 14.5. The molecule has 0 saturated carbocycles. The van der Waals surface area contributed by atoms with Gasteiger partial charge >= 0.3 is 5.97 Å². The van der Waals surface area contributed by atoms with Crippen molar-refractivity contribution in [2.75, 3.05) is 13.2 Å². The van der Waals surface area contributed by atoms with Crippen LogP contribution < -0.4 is 0 Å². The van der Waals surface area contributed by atoms with E-state index >= 15 is 0 Å². The Bertz CT molecular complexity index is 566. The second-order valence-corrected chi connectivity index (χ2v) is 10.4. The fourth-order valence-corrected chi connectivity index (χ4v) is 4.50. The molecule has 0 bridgehead atoms. The van der Waals surface area contributed by atoms with Gasteiger partial charge in [-0.05, 0) is 57.2 Å². The molecule has 1 aliphatic rings. The number of rotatable bonds is 19. The Morgan fingerprint density at radius 3 is 2.21 bits per heavy atom. The van der Waals surface area contributed by atoms with Crippen LogP contribution in [0.3, 0.4) is 0 Å². The predicted molar refractivity (Wildman–Crippen MR) is 136 cm³/mol. The first-order valence-corrected chi connectivity index (χ1v) is 13.7. The molecule has 5 nitrogen and oxygen atoms in total. The standard InChI is InChI=1S/C27H49BNO4/c1-5-6-7-8-9-10-11-14-19-33-27(32)16-13-12-15-26(31)29-21-24(20-23(29)4)28-25(30)18-17-22(2)3/h22-24H,5-21H2,1-4H3/t23-,24?/m1/s1. The lowest BCUT2D eigenvalue weighted by Gasteiger charge is -2.21. The lowest BCUT2D eigenvalue weighted by atomic mass is 9.59. The summed E-state index contributed by atoms with van der Waals surface area (Å²) in [5.74, 6) is 0.704. The molecule has 0 aromatic heterocycles. The Hall–Kier alpha value is -1.33. The average Bonchev–Trinajstić information content (AvgIpc) is 3.13. The fraction of sp³-hybridized carbons (Fsp3) is 0.889. The number of unbranched alkanes of at least 4 members (excludes halogenated alkanes) is 8. The monoisotopic (exact) mass is 462 g/mol. The average molecular weight is 463 g/mol. The Kier molecular flexibility index (Phi) is 16.3. The van der Waals surface area contributed by atoms with E-state index in [0.29, 0.717) is 51.2 Å². The Labute approximate surface area is 204 Å². The number of carbonyl (C=O) groups is 3. The molecule has 1 unspecified atom stereocenters. The summed E-state index contributed by atoms with van der Waals surface area (Å²) in [6.45, 7) is 9.71. The van der Waals surface area contributed by atoms with Crippen molar-refractivity contribution in [1.29, 1.82) is 0 Å². The van der Waals surface area contributed by atoms with Gasteiger partial charge in [0.15, 0.2) is 0 Å². The van der Waals surface area contributed by atoms with E-state index in [4.69, 9.17) is 4.74 Å². The highest BCUT2D eigenvalue weighted by molar-refractivity contribution is 6.75. The van der Waals surface area contributed by atoms with Gasteiger partial charge in [-0.1, -0.05) is 65.7 Å². The van der Waals surface area contributed by atoms with Gasteiger partial charge in [0, 0.05) is 25.4 Å². The topological polar surface area (TPSA) is 63.7 Å². The van der Waals surface area contributed by atoms with E-state index in [-0.39, 0.29) is 29.4 Å². The third kappa shape index (κ3) is 14.5. The molecule has 0 aromatic carbocycles. The molecule has 0 aromatic rings. The van der Waals surface area contributed by atoms with Crippen molar-refractivity contribution < 1.29 is 19.1 Å². The smallest absolute Gasteiger partial charge is 0.305 e. The molecule has 1 radical (unpaired) electrons. The maximum atomic E-state index is 12.6. The van der Waals surface area contributed by atoms with Crippen LogP contribution in [0, 0.1) is 5.92 Å².